The Bertz CT molecular complexity index is 114. The van der Waals surface area contributed by atoms with Gasteiger partial charge < -0.3 is 4.74 Å². The quantitative estimate of drug-likeness (QED) is 0.500. The van der Waals surface area contributed by atoms with E-state index in [1.54, 1.807) is 0 Å². The molecule has 0 spiro atoms. The van der Waals surface area contributed by atoms with Crippen molar-refractivity contribution in [2.24, 2.45) is 0 Å². The van der Waals surface area contributed by atoms with Crippen molar-refractivity contribution in [2.75, 3.05) is 6.07 Å². The van der Waals surface area contributed by atoms with Gasteiger partial charge >= 0.3 is 6.18 Å². The van der Waals surface area contributed by atoms with E-state index < -0.39 is 24.8 Å². The molecule has 0 fully saturated rings. The summed E-state index contributed by atoms with van der Waals surface area (Å²) in [6.45, 7) is 0. The molecule has 0 heterocycles. The molecule has 11 heavy (non-hydrogen) atoms. The first-order chi connectivity index (χ1) is 4.89. The second-order valence-electron chi connectivity index (χ2n) is 1.57. The first-order valence-electron chi connectivity index (χ1n) is 2.42. The van der Waals surface area contributed by atoms with E-state index in [0.29, 0.717) is 0 Å². The number of hydrogen-bond donors (Lipinski definition) is 0. The van der Waals surface area contributed by atoms with Crippen LogP contribution in [0.5, 0.6) is 0 Å². The van der Waals surface area contributed by atoms with E-state index in [9.17, 15) is 22.0 Å². The van der Waals surface area contributed by atoms with Crippen LogP contribution in [-0.2, 0) is 4.74 Å². The van der Waals surface area contributed by atoms with E-state index in [2.05, 4.69) is 4.74 Å². The topological polar surface area (TPSA) is 9.23 Å². The molecule has 0 bridgehead atoms. The minimum atomic E-state index is -5.07. The molecule has 7 heteroatoms. The monoisotopic (exact) mass is 198 g/mol. The zero-order valence-corrected chi connectivity index (χ0v) is 5.79. The molecule has 0 aromatic heterocycles. The van der Waals surface area contributed by atoms with Crippen molar-refractivity contribution in [1.29, 1.82) is 0 Å². The Morgan fingerprint density at radius 1 is 1.27 bits per heavy atom. The van der Waals surface area contributed by atoms with Crippen molar-refractivity contribution in [3.63, 3.8) is 0 Å². The maximum absolute atomic E-state index is 11.5. The summed E-state index contributed by atoms with van der Waals surface area (Å²) in [5, 5.41) is 0. The van der Waals surface area contributed by atoms with Crippen LogP contribution in [-0.4, -0.2) is 24.8 Å². The van der Waals surface area contributed by atoms with Gasteiger partial charge in [-0.3, -0.25) is 0 Å². The van der Waals surface area contributed by atoms with Crippen LogP contribution in [0.2, 0.25) is 0 Å². The third-order valence-corrected chi connectivity index (χ3v) is 0.920. The molecule has 1 nitrogen and oxygen atoms in total. The predicted molar refractivity (Wildman–Crippen MR) is 27.7 cm³/mol. The lowest BCUT2D eigenvalue weighted by Crippen LogP contribution is -2.37. The fourth-order valence-corrected chi connectivity index (χ4v) is 0.514. The predicted octanol–water partition coefficient (Wildman–Crippen LogP) is 2.40. The van der Waals surface area contributed by atoms with E-state index in [1.165, 1.54) is 0 Å². The van der Waals surface area contributed by atoms with Gasteiger partial charge in [0.1, 0.15) is 6.07 Å². The number of halogens is 6. The summed E-state index contributed by atoms with van der Waals surface area (Å²) >= 11 is 4.69. The van der Waals surface area contributed by atoms with E-state index >= 15 is 0 Å². The Hall–Kier alpha value is -0.100. The summed E-state index contributed by atoms with van der Waals surface area (Å²) in [6.07, 6.45) is -11.8. The molecular formula is C4H4ClF5O. The summed E-state index contributed by atoms with van der Waals surface area (Å²) in [4.78, 5) is 0. The van der Waals surface area contributed by atoms with Crippen LogP contribution >= 0.6 is 11.6 Å². The average Bonchev–Trinajstić information content (AvgIpc) is 1.79. The highest BCUT2D eigenvalue weighted by atomic mass is 35.5. The molecule has 0 saturated carbocycles. The number of alkyl halides is 6. The largest absolute Gasteiger partial charge is 0.420 e. The van der Waals surface area contributed by atoms with Gasteiger partial charge in [-0.15, -0.1) is 0 Å². The molecule has 68 valence electrons. The van der Waals surface area contributed by atoms with Gasteiger partial charge in [-0.1, -0.05) is 11.6 Å². The Morgan fingerprint density at radius 3 is 1.82 bits per heavy atom. The lowest BCUT2D eigenvalue weighted by atomic mass is 10.4. The van der Waals surface area contributed by atoms with Crippen LogP contribution in [0.1, 0.15) is 0 Å². The summed E-state index contributed by atoms with van der Waals surface area (Å²) < 4.78 is 61.0. The van der Waals surface area contributed by atoms with Crippen LogP contribution in [0.15, 0.2) is 0 Å². The van der Waals surface area contributed by atoms with Gasteiger partial charge in [0.2, 0.25) is 6.10 Å². The van der Waals surface area contributed by atoms with Gasteiger partial charge in [0.05, 0.1) is 0 Å². The normalized spacial score (nSPS) is 15.5. The highest BCUT2D eigenvalue weighted by Gasteiger charge is 2.46. The maximum Gasteiger partial charge on any atom is 0.420 e. The zero-order valence-electron chi connectivity index (χ0n) is 5.04. The molecule has 0 aliphatic heterocycles. The molecule has 0 rings (SSSR count). The SMILES string of the molecule is FC(F)C(OCCl)C(F)(F)F. The molecular weight excluding hydrogens is 194 g/mol. The second kappa shape index (κ2) is 4.06. The first-order valence-corrected chi connectivity index (χ1v) is 2.95. The Morgan fingerprint density at radius 2 is 1.73 bits per heavy atom. The van der Waals surface area contributed by atoms with Gasteiger partial charge in [-0.2, -0.15) is 13.2 Å². The smallest absolute Gasteiger partial charge is 0.347 e. The number of ether oxygens (including phenoxy) is 1. The third-order valence-electron chi connectivity index (χ3n) is 0.794. The lowest BCUT2D eigenvalue weighted by molar-refractivity contribution is -0.248. The zero-order chi connectivity index (χ0) is 9.07. The molecule has 1 unspecified atom stereocenters. The Labute approximate surface area is 64.1 Å². The minimum absolute atomic E-state index is 0.908. The van der Waals surface area contributed by atoms with Crippen molar-refractivity contribution in [2.45, 2.75) is 18.7 Å². The molecule has 0 N–H and O–H groups in total. The summed E-state index contributed by atoms with van der Waals surface area (Å²) in [5.74, 6) is 0. The highest BCUT2D eigenvalue weighted by molar-refractivity contribution is 6.17. The fourth-order valence-electron chi connectivity index (χ4n) is 0.378. The summed E-state index contributed by atoms with van der Waals surface area (Å²) in [6, 6.07) is -0.908. The maximum atomic E-state index is 11.5. The van der Waals surface area contributed by atoms with E-state index in [0.717, 1.165) is 0 Å². The molecule has 0 saturated heterocycles. The molecule has 1 atom stereocenters. The van der Waals surface area contributed by atoms with Crippen molar-refractivity contribution in [3.8, 4) is 0 Å². The van der Waals surface area contributed by atoms with Crippen molar-refractivity contribution in [1.82, 2.24) is 0 Å². The first kappa shape index (κ1) is 10.9. The van der Waals surface area contributed by atoms with Crippen LogP contribution in [0.4, 0.5) is 22.0 Å². The number of rotatable bonds is 3. The molecule has 0 aliphatic rings. The van der Waals surface area contributed by atoms with Gasteiger partial charge in [0, 0.05) is 0 Å². The van der Waals surface area contributed by atoms with Crippen LogP contribution in [0.25, 0.3) is 0 Å². The summed E-state index contributed by atoms with van der Waals surface area (Å²) in [7, 11) is 0. The van der Waals surface area contributed by atoms with Crippen LogP contribution in [0, 0.1) is 0 Å². The minimum Gasteiger partial charge on any atom is -0.347 e. The van der Waals surface area contributed by atoms with Crippen LogP contribution in [0.3, 0.4) is 0 Å². The molecule has 0 aliphatic carbocycles. The van der Waals surface area contributed by atoms with E-state index in [4.69, 9.17) is 11.6 Å². The van der Waals surface area contributed by atoms with Gasteiger partial charge in [0.15, 0.2) is 0 Å². The third kappa shape index (κ3) is 3.71. The summed E-state index contributed by atoms with van der Waals surface area (Å²) in [5.41, 5.74) is 0. The van der Waals surface area contributed by atoms with E-state index in [1.807, 2.05) is 0 Å². The lowest BCUT2D eigenvalue weighted by Gasteiger charge is -2.17. The van der Waals surface area contributed by atoms with Crippen molar-refractivity contribution < 1.29 is 26.7 Å². The van der Waals surface area contributed by atoms with Crippen molar-refractivity contribution in [3.05, 3.63) is 0 Å². The van der Waals surface area contributed by atoms with Gasteiger partial charge in [0.25, 0.3) is 6.43 Å². The van der Waals surface area contributed by atoms with Gasteiger partial charge in [-0.25, -0.2) is 8.78 Å². The molecule has 0 aromatic rings. The molecule has 0 aromatic carbocycles. The standard InChI is InChI=1S/C4H4ClF5O/c5-1-11-2(3(6)7)4(8,9)10/h2-3H,1H2. The average molecular weight is 199 g/mol. The Balaban J connectivity index is 4.10. The Kier molecular flexibility index (Phi) is 4.02. The van der Waals surface area contributed by atoms with Crippen molar-refractivity contribution >= 4 is 11.6 Å². The van der Waals surface area contributed by atoms with Gasteiger partial charge in [-0.05, 0) is 0 Å². The fraction of sp³-hybridized carbons (Fsp3) is 1.00. The number of hydrogen-bond acceptors (Lipinski definition) is 1. The molecule has 0 amide bonds. The van der Waals surface area contributed by atoms with E-state index in [-0.39, 0.29) is 0 Å². The second-order valence-corrected chi connectivity index (χ2v) is 1.79. The highest BCUT2D eigenvalue weighted by Crippen LogP contribution is 2.27. The van der Waals surface area contributed by atoms with Crippen LogP contribution < -0.4 is 0 Å². The molecule has 0 radical (unpaired) electrons.